The normalized spacial score (nSPS) is 12.6. The number of unbranched alkanes of at least 4 members (excludes halogenated alkanes) is 1. The molecule has 0 bridgehead atoms. The fourth-order valence-corrected chi connectivity index (χ4v) is 2.61. The lowest BCUT2D eigenvalue weighted by atomic mass is 10.1. The smallest absolute Gasteiger partial charge is 0.190 e. The van der Waals surface area contributed by atoms with Crippen LogP contribution in [-0.2, 0) is 4.74 Å². The molecule has 122 valence electrons. The summed E-state index contributed by atoms with van der Waals surface area (Å²) in [6, 6.07) is 4.28. The maximum Gasteiger partial charge on any atom is 0.190 e. The van der Waals surface area contributed by atoms with Gasteiger partial charge < -0.3 is 15.4 Å². The molecule has 0 aromatic carbocycles. The van der Waals surface area contributed by atoms with Gasteiger partial charge in [-0.1, -0.05) is 13.0 Å². The van der Waals surface area contributed by atoms with Crippen molar-refractivity contribution in [3.8, 4) is 0 Å². The highest BCUT2D eigenvalue weighted by atomic mass is 127. The number of ether oxygens (including phenoxy) is 1. The first kappa shape index (κ1) is 20.7. The molecule has 0 aliphatic rings. The van der Waals surface area contributed by atoms with Crippen LogP contribution in [0, 0.1) is 0 Å². The molecule has 0 fully saturated rings. The van der Waals surface area contributed by atoms with E-state index in [9.17, 15) is 0 Å². The number of thiophene rings is 1. The molecule has 0 aliphatic carbocycles. The summed E-state index contributed by atoms with van der Waals surface area (Å²) in [6.45, 7) is 7.74. The second kappa shape index (κ2) is 13.3. The summed E-state index contributed by atoms with van der Waals surface area (Å²) < 4.78 is 5.31. The molecular formula is C15H28IN3OS. The van der Waals surface area contributed by atoms with E-state index in [0.29, 0.717) is 5.92 Å². The Morgan fingerprint density at radius 1 is 1.38 bits per heavy atom. The largest absolute Gasteiger partial charge is 0.382 e. The number of nitrogens with one attached hydrogen (secondary N) is 2. The van der Waals surface area contributed by atoms with E-state index in [1.807, 2.05) is 14.0 Å². The van der Waals surface area contributed by atoms with Gasteiger partial charge in [0.05, 0.1) is 0 Å². The van der Waals surface area contributed by atoms with Gasteiger partial charge >= 0.3 is 0 Å². The summed E-state index contributed by atoms with van der Waals surface area (Å²) >= 11 is 1.81. The second-order valence-corrected chi connectivity index (χ2v) is 5.68. The molecule has 0 spiro atoms. The summed E-state index contributed by atoms with van der Waals surface area (Å²) in [6.07, 6.45) is 2.19. The highest BCUT2D eigenvalue weighted by molar-refractivity contribution is 14.0. The van der Waals surface area contributed by atoms with Gasteiger partial charge in [0.15, 0.2) is 5.96 Å². The van der Waals surface area contributed by atoms with Crippen LogP contribution in [0.2, 0.25) is 0 Å². The van der Waals surface area contributed by atoms with E-state index in [1.54, 1.807) is 11.3 Å². The molecule has 0 aliphatic heterocycles. The summed E-state index contributed by atoms with van der Waals surface area (Å²) in [4.78, 5) is 5.65. The first-order valence-corrected chi connectivity index (χ1v) is 8.21. The maximum absolute atomic E-state index is 5.31. The van der Waals surface area contributed by atoms with E-state index in [1.165, 1.54) is 4.88 Å². The molecule has 21 heavy (non-hydrogen) atoms. The van der Waals surface area contributed by atoms with Gasteiger partial charge in [-0.15, -0.1) is 35.3 Å². The summed E-state index contributed by atoms with van der Waals surface area (Å²) in [5, 5.41) is 8.83. The molecule has 1 aromatic rings. The van der Waals surface area contributed by atoms with E-state index < -0.39 is 0 Å². The Labute approximate surface area is 149 Å². The van der Waals surface area contributed by atoms with E-state index in [2.05, 4.69) is 40.1 Å². The first-order chi connectivity index (χ1) is 9.77. The molecular weight excluding hydrogens is 397 g/mol. The van der Waals surface area contributed by atoms with Gasteiger partial charge in [0.1, 0.15) is 0 Å². The molecule has 1 aromatic heterocycles. The highest BCUT2D eigenvalue weighted by Gasteiger charge is 2.07. The Morgan fingerprint density at radius 3 is 2.81 bits per heavy atom. The molecule has 0 saturated heterocycles. The minimum absolute atomic E-state index is 0. The molecule has 1 rings (SSSR count). The highest BCUT2D eigenvalue weighted by Crippen LogP contribution is 2.19. The zero-order chi connectivity index (χ0) is 14.6. The van der Waals surface area contributed by atoms with Crippen molar-refractivity contribution >= 4 is 41.3 Å². The van der Waals surface area contributed by atoms with Gasteiger partial charge in [-0.25, -0.2) is 0 Å². The van der Waals surface area contributed by atoms with Gasteiger partial charge in [0, 0.05) is 44.1 Å². The molecule has 1 heterocycles. The van der Waals surface area contributed by atoms with Gasteiger partial charge in [-0.3, -0.25) is 4.99 Å². The van der Waals surface area contributed by atoms with Crippen molar-refractivity contribution in [1.29, 1.82) is 0 Å². The van der Waals surface area contributed by atoms with E-state index in [0.717, 1.165) is 45.1 Å². The quantitative estimate of drug-likeness (QED) is 0.276. The lowest BCUT2D eigenvalue weighted by Crippen LogP contribution is -2.39. The molecule has 0 radical (unpaired) electrons. The molecule has 6 heteroatoms. The van der Waals surface area contributed by atoms with Gasteiger partial charge in [-0.05, 0) is 31.2 Å². The number of hydrogen-bond acceptors (Lipinski definition) is 3. The van der Waals surface area contributed by atoms with Crippen LogP contribution in [0.3, 0.4) is 0 Å². The molecule has 0 saturated carbocycles. The monoisotopic (exact) mass is 425 g/mol. The minimum Gasteiger partial charge on any atom is -0.382 e. The number of rotatable bonds is 9. The average Bonchev–Trinajstić information content (AvgIpc) is 2.99. The fraction of sp³-hybridized carbons (Fsp3) is 0.667. The van der Waals surface area contributed by atoms with Crippen molar-refractivity contribution in [2.75, 3.05) is 33.4 Å². The summed E-state index contributed by atoms with van der Waals surface area (Å²) in [5.74, 6) is 1.39. The minimum atomic E-state index is 0. The van der Waals surface area contributed by atoms with Gasteiger partial charge in [0.2, 0.25) is 0 Å². The Morgan fingerprint density at radius 2 is 2.19 bits per heavy atom. The predicted octanol–water partition coefficient (Wildman–Crippen LogP) is 3.45. The van der Waals surface area contributed by atoms with Crippen molar-refractivity contribution in [1.82, 2.24) is 10.6 Å². The van der Waals surface area contributed by atoms with Crippen LogP contribution >= 0.6 is 35.3 Å². The maximum atomic E-state index is 5.31. The van der Waals surface area contributed by atoms with E-state index in [4.69, 9.17) is 4.74 Å². The lowest BCUT2D eigenvalue weighted by molar-refractivity contribution is 0.143. The van der Waals surface area contributed by atoms with Crippen LogP contribution < -0.4 is 10.6 Å². The third kappa shape index (κ3) is 9.31. The number of halogens is 1. The van der Waals surface area contributed by atoms with Crippen LogP contribution in [0.4, 0.5) is 0 Å². The number of guanidine groups is 1. The topological polar surface area (TPSA) is 45.6 Å². The van der Waals surface area contributed by atoms with E-state index in [-0.39, 0.29) is 24.0 Å². The Kier molecular flexibility index (Phi) is 13.1. The van der Waals surface area contributed by atoms with Crippen molar-refractivity contribution in [3.63, 3.8) is 0 Å². The SMILES string of the molecule is CCOCCCCNC(=NC)NCC(C)c1cccs1.I. The van der Waals surface area contributed by atoms with Gasteiger partial charge in [-0.2, -0.15) is 0 Å². The Bertz CT molecular complexity index is 371. The third-order valence-electron chi connectivity index (χ3n) is 3.04. The Hall–Kier alpha value is -0.340. The molecule has 4 nitrogen and oxygen atoms in total. The summed E-state index contributed by atoms with van der Waals surface area (Å²) in [5.41, 5.74) is 0. The number of aliphatic imine (C=N–C) groups is 1. The molecule has 2 N–H and O–H groups in total. The van der Waals surface area contributed by atoms with Gasteiger partial charge in [0.25, 0.3) is 0 Å². The third-order valence-corrected chi connectivity index (χ3v) is 4.14. The number of nitrogens with zero attached hydrogens (tertiary/aromatic N) is 1. The molecule has 0 amide bonds. The van der Waals surface area contributed by atoms with Crippen molar-refractivity contribution < 1.29 is 4.74 Å². The second-order valence-electron chi connectivity index (χ2n) is 4.70. The standard InChI is InChI=1S/C15H27N3OS.HI/c1-4-19-10-6-5-9-17-15(16-3)18-12-13(2)14-8-7-11-20-14;/h7-8,11,13H,4-6,9-10,12H2,1-3H3,(H2,16,17,18);1H. The molecule has 1 unspecified atom stereocenters. The van der Waals surface area contributed by atoms with Crippen LogP contribution in [-0.4, -0.2) is 39.3 Å². The van der Waals surface area contributed by atoms with E-state index >= 15 is 0 Å². The molecule has 1 atom stereocenters. The zero-order valence-electron chi connectivity index (χ0n) is 13.2. The van der Waals surface area contributed by atoms with Crippen LogP contribution in [0.25, 0.3) is 0 Å². The predicted molar refractivity (Wildman–Crippen MR) is 103 cm³/mol. The fourth-order valence-electron chi connectivity index (χ4n) is 1.82. The zero-order valence-corrected chi connectivity index (χ0v) is 16.4. The van der Waals surface area contributed by atoms with Crippen LogP contribution in [0.5, 0.6) is 0 Å². The average molecular weight is 425 g/mol. The van der Waals surface area contributed by atoms with Crippen LogP contribution in [0.15, 0.2) is 22.5 Å². The lowest BCUT2D eigenvalue weighted by Gasteiger charge is -2.15. The van der Waals surface area contributed by atoms with Crippen LogP contribution in [0.1, 0.15) is 37.5 Å². The van der Waals surface area contributed by atoms with Crippen molar-refractivity contribution in [2.45, 2.75) is 32.6 Å². The number of hydrogen-bond donors (Lipinski definition) is 2. The summed E-state index contributed by atoms with van der Waals surface area (Å²) in [7, 11) is 1.81. The van der Waals surface area contributed by atoms with Crippen molar-refractivity contribution in [2.24, 2.45) is 4.99 Å². The Balaban J connectivity index is 0.00000400. The van der Waals surface area contributed by atoms with Crippen molar-refractivity contribution in [3.05, 3.63) is 22.4 Å². The first-order valence-electron chi connectivity index (χ1n) is 7.33.